The Labute approximate surface area is 118 Å². The molecule has 0 saturated carbocycles. The number of halogens is 2. The average molecular weight is 361 g/mol. The maximum Gasteiger partial charge on any atom is 0.146 e. The standard InChI is InChI=1S/C12H10ClIN2O/c1-17-9-4-2-3-8(5-9)6-11-15-7-10(14)12(13)16-11/h2-5,7H,6H2,1H3. The summed E-state index contributed by atoms with van der Waals surface area (Å²) in [6, 6.07) is 7.83. The third kappa shape index (κ3) is 3.29. The number of benzene rings is 1. The van der Waals surface area contributed by atoms with Gasteiger partial charge in [-0.15, -0.1) is 0 Å². The van der Waals surface area contributed by atoms with Crippen molar-refractivity contribution in [3.63, 3.8) is 0 Å². The second-order valence-electron chi connectivity index (χ2n) is 3.45. The molecule has 0 aliphatic heterocycles. The topological polar surface area (TPSA) is 35.0 Å². The Morgan fingerprint density at radius 3 is 2.94 bits per heavy atom. The van der Waals surface area contributed by atoms with Gasteiger partial charge in [-0.1, -0.05) is 23.7 Å². The van der Waals surface area contributed by atoms with Gasteiger partial charge in [0.2, 0.25) is 0 Å². The van der Waals surface area contributed by atoms with Crippen LogP contribution in [0.15, 0.2) is 30.5 Å². The van der Waals surface area contributed by atoms with E-state index in [4.69, 9.17) is 16.3 Å². The fraction of sp³-hybridized carbons (Fsp3) is 0.167. The minimum atomic E-state index is 0.499. The van der Waals surface area contributed by atoms with Gasteiger partial charge in [-0.2, -0.15) is 0 Å². The third-order valence-corrected chi connectivity index (χ3v) is 3.64. The average Bonchev–Trinajstić information content (AvgIpc) is 2.34. The van der Waals surface area contributed by atoms with Crippen molar-refractivity contribution in [3.8, 4) is 5.75 Å². The quantitative estimate of drug-likeness (QED) is 0.622. The molecular weight excluding hydrogens is 351 g/mol. The lowest BCUT2D eigenvalue weighted by atomic mass is 10.1. The lowest BCUT2D eigenvalue weighted by Gasteiger charge is -2.04. The lowest BCUT2D eigenvalue weighted by Crippen LogP contribution is -1.98. The smallest absolute Gasteiger partial charge is 0.146 e. The SMILES string of the molecule is COc1cccc(Cc2ncc(I)c(Cl)n2)c1. The van der Waals surface area contributed by atoms with E-state index in [2.05, 4.69) is 32.6 Å². The second-order valence-corrected chi connectivity index (χ2v) is 4.97. The zero-order valence-electron chi connectivity index (χ0n) is 9.15. The van der Waals surface area contributed by atoms with E-state index in [1.54, 1.807) is 13.3 Å². The molecule has 0 saturated heterocycles. The van der Waals surface area contributed by atoms with Crippen molar-refractivity contribution in [1.82, 2.24) is 9.97 Å². The first kappa shape index (κ1) is 12.6. The van der Waals surface area contributed by atoms with Crippen LogP contribution in [0.5, 0.6) is 5.75 Å². The van der Waals surface area contributed by atoms with Gasteiger partial charge in [-0.3, -0.25) is 0 Å². The van der Waals surface area contributed by atoms with E-state index < -0.39 is 0 Å². The summed E-state index contributed by atoms with van der Waals surface area (Å²) in [7, 11) is 1.65. The normalized spacial score (nSPS) is 10.3. The summed E-state index contributed by atoms with van der Waals surface area (Å²) in [4.78, 5) is 8.48. The maximum absolute atomic E-state index is 5.96. The predicted octanol–water partition coefficient (Wildman–Crippen LogP) is 3.33. The Morgan fingerprint density at radius 1 is 1.41 bits per heavy atom. The largest absolute Gasteiger partial charge is 0.497 e. The van der Waals surface area contributed by atoms with Gasteiger partial charge in [0.25, 0.3) is 0 Å². The first-order valence-corrected chi connectivity index (χ1v) is 6.44. The third-order valence-electron chi connectivity index (χ3n) is 2.25. The molecule has 17 heavy (non-hydrogen) atoms. The Hall–Kier alpha value is -0.880. The molecule has 2 aromatic rings. The monoisotopic (exact) mass is 360 g/mol. The van der Waals surface area contributed by atoms with Crippen LogP contribution < -0.4 is 4.74 Å². The Kier molecular flexibility index (Phi) is 4.17. The van der Waals surface area contributed by atoms with E-state index in [0.29, 0.717) is 17.4 Å². The van der Waals surface area contributed by atoms with Gasteiger partial charge in [0.1, 0.15) is 16.7 Å². The number of methoxy groups -OCH3 is 1. The summed E-state index contributed by atoms with van der Waals surface area (Å²) in [5.41, 5.74) is 1.10. The number of aromatic nitrogens is 2. The summed E-state index contributed by atoms with van der Waals surface area (Å²) in [5.74, 6) is 1.54. The molecule has 0 amide bonds. The fourth-order valence-electron chi connectivity index (χ4n) is 1.43. The molecule has 1 aromatic heterocycles. The summed E-state index contributed by atoms with van der Waals surface area (Å²) in [6.45, 7) is 0. The first-order chi connectivity index (χ1) is 8.19. The predicted molar refractivity (Wildman–Crippen MR) is 75.6 cm³/mol. The zero-order valence-corrected chi connectivity index (χ0v) is 12.1. The molecule has 0 bridgehead atoms. The van der Waals surface area contributed by atoms with Crippen LogP contribution in [0.25, 0.3) is 0 Å². The molecule has 88 valence electrons. The van der Waals surface area contributed by atoms with Crippen molar-refractivity contribution in [2.24, 2.45) is 0 Å². The molecule has 0 spiro atoms. The van der Waals surface area contributed by atoms with Crippen molar-refractivity contribution in [1.29, 1.82) is 0 Å². The van der Waals surface area contributed by atoms with E-state index in [1.807, 2.05) is 24.3 Å². The molecule has 1 heterocycles. The molecule has 3 nitrogen and oxygen atoms in total. The van der Waals surface area contributed by atoms with Gasteiger partial charge >= 0.3 is 0 Å². The Balaban J connectivity index is 2.22. The van der Waals surface area contributed by atoms with E-state index >= 15 is 0 Å². The van der Waals surface area contributed by atoms with Gasteiger partial charge < -0.3 is 4.74 Å². The van der Waals surface area contributed by atoms with Crippen molar-refractivity contribution in [2.75, 3.05) is 7.11 Å². The first-order valence-electron chi connectivity index (χ1n) is 4.99. The van der Waals surface area contributed by atoms with Crippen molar-refractivity contribution in [2.45, 2.75) is 6.42 Å². The number of hydrogen-bond acceptors (Lipinski definition) is 3. The molecule has 2 rings (SSSR count). The molecule has 5 heteroatoms. The highest BCUT2D eigenvalue weighted by Gasteiger charge is 2.04. The number of nitrogens with zero attached hydrogens (tertiary/aromatic N) is 2. The highest BCUT2D eigenvalue weighted by atomic mass is 127. The molecule has 0 atom stereocenters. The summed E-state index contributed by atoms with van der Waals surface area (Å²) < 4.78 is 6.03. The van der Waals surface area contributed by atoms with Crippen molar-refractivity contribution >= 4 is 34.2 Å². The zero-order chi connectivity index (χ0) is 12.3. The molecule has 1 aromatic carbocycles. The summed E-state index contributed by atoms with van der Waals surface area (Å²) >= 11 is 8.06. The van der Waals surface area contributed by atoms with Gasteiger partial charge in [0.15, 0.2) is 0 Å². The van der Waals surface area contributed by atoms with Crippen LogP contribution in [0.3, 0.4) is 0 Å². The van der Waals surface area contributed by atoms with E-state index in [9.17, 15) is 0 Å². The number of rotatable bonds is 3. The molecule has 0 fully saturated rings. The Morgan fingerprint density at radius 2 is 2.24 bits per heavy atom. The molecule has 0 aliphatic rings. The van der Waals surface area contributed by atoms with E-state index in [0.717, 1.165) is 14.9 Å². The lowest BCUT2D eigenvalue weighted by molar-refractivity contribution is 0.414. The fourth-order valence-corrected chi connectivity index (χ4v) is 1.84. The number of hydrogen-bond donors (Lipinski definition) is 0. The van der Waals surface area contributed by atoms with Gasteiger partial charge in [0.05, 0.1) is 10.7 Å². The summed E-state index contributed by atoms with van der Waals surface area (Å²) in [6.07, 6.45) is 2.37. The number of ether oxygens (including phenoxy) is 1. The Bertz CT molecular complexity index is 534. The highest BCUT2D eigenvalue weighted by Crippen LogP contribution is 2.17. The molecule has 0 radical (unpaired) electrons. The van der Waals surface area contributed by atoms with E-state index in [1.165, 1.54) is 0 Å². The van der Waals surface area contributed by atoms with Crippen LogP contribution in [0.4, 0.5) is 0 Å². The maximum atomic E-state index is 5.96. The second kappa shape index (κ2) is 5.64. The highest BCUT2D eigenvalue weighted by molar-refractivity contribution is 14.1. The minimum Gasteiger partial charge on any atom is -0.497 e. The van der Waals surface area contributed by atoms with Crippen LogP contribution in [0, 0.1) is 3.57 Å². The van der Waals surface area contributed by atoms with Crippen LogP contribution >= 0.6 is 34.2 Å². The van der Waals surface area contributed by atoms with Crippen molar-refractivity contribution in [3.05, 3.63) is 50.6 Å². The molecule has 0 aliphatic carbocycles. The van der Waals surface area contributed by atoms with Crippen molar-refractivity contribution < 1.29 is 4.74 Å². The van der Waals surface area contributed by atoms with Gasteiger partial charge in [0, 0.05) is 12.6 Å². The van der Waals surface area contributed by atoms with E-state index in [-0.39, 0.29) is 0 Å². The van der Waals surface area contributed by atoms with Crippen LogP contribution in [0.1, 0.15) is 11.4 Å². The molecular formula is C12H10ClIN2O. The minimum absolute atomic E-state index is 0.499. The van der Waals surface area contributed by atoms with Crippen LogP contribution in [-0.4, -0.2) is 17.1 Å². The molecule has 0 N–H and O–H groups in total. The van der Waals surface area contributed by atoms with Crippen LogP contribution in [0.2, 0.25) is 5.15 Å². The van der Waals surface area contributed by atoms with Gasteiger partial charge in [-0.05, 0) is 40.3 Å². The van der Waals surface area contributed by atoms with Crippen LogP contribution in [-0.2, 0) is 6.42 Å². The summed E-state index contributed by atoms with van der Waals surface area (Å²) in [5, 5.41) is 0.499. The molecule has 0 unspecified atom stereocenters. The van der Waals surface area contributed by atoms with Gasteiger partial charge in [-0.25, -0.2) is 9.97 Å².